The third-order valence-electron chi connectivity index (χ3n) is 4.83. The van der Waals surface area contributed by atoms with Gasteiger partial charge in [-0.2, -0.15) is 0 Å². The van der Waals surface area contributed by atoms with E-state index in [1.54, 1.807) is 49.4 Å². The zero-order valence-corrected chi connectivity index (χ0v) is 17.6. The molecule has 1 aliphatic heterocycles. The lowest BCUT2D eigenvalue weighted by Crippen LogP contribution is -2.32. The van der Waals surface area contributed by atoms with Crippen LogP contribution in [-0.4, -0.2) is 11.8 Å². The smallest absolute Gasteiger partial charge is 0.282 e. The van der Waals surface area contributed by atoms with E-state index in [1.165, 1.54) is 6.07 Å². The van der Waals surface area contributed by atoms with Gasteiger partial charge in [0.25, 0.3) is 11.8 Å². The monoisotopic (exact) mass is 458 g/mol. The van der Waals surface area contributed by atoms with Gasteiger partial charge in [-0.3, -0.25) is 9.59 Å². The maximum absolute atomic E-state index is 13.8. The molecule has 1 N–H and O–H groups in total. The number of carbonyl (C=O) groups is 2. The van der Waals surface area contributed by atoms with Gasteiger partial charge in [-0.25, -0.2) is 13.7 Å². The van der Waals surface area contributed by atoms with Crippen molar-refractivity contribution in [3.05, 3.63) is 99.2 Å². The molecule has 4 nitrogen and oxygen atoms in total. The van der Waals surface area contributed by atoms with Crippen molar-refractivity contribution in [3.63, 3.8) is 0 Å². The molecule has 1 aliphatic rings. The molecule has 0 saturated carbocycles. The normalized spacial score (nSPS) is 13.9. The number of hydrogen-bond acceptors (Lipinski definition) is 3. The fourth-order valence-electron chi connectivity index (χ4n) is 3.29. The fourth-order valence-corrected chi connectivity index (χ4v) is 3.64. The lowest BCUT2D eigenvalue weighted by molar-refractivity contribution is -0.120. The van der Waals surface area contributed by atoms with E-state index in [0.29, 0.717) is 21.3 Å². The molecule has 0 fully saturated rings. The minimum Gasteiger partial charge on any atom is -0.350 e. The topological polar surface area (TPSA) is 49.4 Å². The summed E-state index contributed by atoms with van der Waals surface area (Å²) in [4.78, 5) is 27.3. The van der Waals surface area contributed by atoms with Gasteiger partial charge in [0.15, 0.2) is 11.6 Å². The van der Waals surface area contributed by atoms with Crippen molar-refractivity contribution in [2.75, 3.05) is 10.2 Å². The SMILES string of the molecule is Cc1cc(Cl)ccc1NC1=C(c2ccc(Cl)cc2)C(=O)N(c2ccc(F)c(F)c2)C1=O. The quantitative estimate of drug-likeness (QED) is 0.489. The minimum absolute atomic E-state index is 0.00229. The van der Waals surface area contributed by atoms with E-state index in [1.807, 2.05) is 0 Å². The molecule has 8 heteroatoms. The van der Waals surface area contributed by atoms with Crippen LogP contribution in [0.4, 0.5) is 20.2 Å². The molecule has 2 amide bonds. The van der Waals surface area contributed by atoms with Crippen LogP contribution in [0.3, 0.4) is 0 Å². The van der Waals surface area contributed by atoms with E-state index in [2.05, 4.69) is 5.32 Å². The Balaban J connectivity index is 1.84. The van der Waals surface area contributed by atoms with Crippen LogP contribution in [0.5, 0.6) is 0 Å². The number of anilines is 2. The van der Waals surface area contributed by atoms with Crippen LogP contribution >= 0.6 is 23.2 Å². The number of halogens is 4. The average molecular weight is 459 g/mol. The number of amides is 2. The van der Waals surface area contributed by atoms with Crippen molar-refractivity contribution < 1.29 is 18.4 Å². The first-order valence-corrected chi connectivity index (χ1v) is 9.89. The van der Waals surface area contributed by atoms with Crippen molar-refractivity contribution in [1.82, 2.24) is 0 Å². The van der Waals surface area contributed by atoms with Crippen LogP contribution in [0, 0.1) is 18.6 Å². The molecule has 0 atom stereocenters. The summed E-state index contributed by atoms with van der Waals surface area (Å²) in [5.74, 6) is -3.62. The summed E-state index contributed by atoms with van der Waals surface area (Å²) >= 11 is 12.0. The van der Waals surface area contributed by atoms with Gasteiger partial charge in [0.05, 0.1) is 11.3 Å². The summed E-state index contributed by atoms with van der Waals surface area (Å²) < 4.78 is 27.2. The van der Waals surface area contributed by atoms with E-state index in [9.17, 15) is 18.4 Å². The van der Waals surface area contributed by atoms with Crippen molar-refractivity contribution in [1.29, 1.82) is 0 Å². The molecule has 156 valence electrons. The second-order valence-electron chi connectivity index (χ2n) is 6.89. The van der Waals surface area contributed by atoms with Gasteiger partial charge in [-0.1, -0.05) is 35.3 Å². The molecule has 3 aromatic rings. The Morgan fingerprint density at radius 2 is 1.48 bits per heavy atom. The number of carbonyl (C=O) groups excluding carboxylic acids is 2. The lowest BCUT2D eigenvalue weighted by Gasteiger charge is -2.16. The van der Waals surface area contributed by atoms with Crippen LogP contribution in [0.25, 0.3) is 5.57 Å². The lowest BCUT2D eigenvalue weighted by atomic mass is 10.0. The van der Waals surface area contributed by atoms with E-state index < -0.39 is 23.4 Å². The number of benzene rings is 3. The molecule has 0 spiro atoms. The molecule has 0 unspecified atom stereocenters. The molecular weight excluding hydrogens is 445 g/mol. The minimum atomic E-state index is -1.17. The van der Waals surface area contributed by atoms with Gasteiger partial charge in [0, 0.05) is 21.8 Å². The number of imide groups is 1. The van der Waals surface area contributed by atoms with Gasteiger partial charge < -0.3 is 5.32 Å². The highest BCUT2D eigenvalue weighted by Crippen LogP contribution is 2.35. The average Bonchev–Trinajstić information content (AvgIpc) is 2.97. The second-order valence-corrected chi connectivity index (χ2v) is 7.76. The Morgan fingerprint density at radius 1 is 0.806 bits per heavy atom. The maximum atomic E-state index is 13.8. The van der Waals surface area contributed by atoms with Crippen molar-refractivity contribution in [3.8, 4) is 0 Å². The summed E-state index contributed by atoms with van der Waals surface area (Å²) in [6, 6.07) is 14.3. The first-order chi connectivity index (χ1) is 14.8. The Bertz CT molecular complexity index is 1260. The first kappa shape index (κ1) is 21.0. The molecular formula is C23H14Cl2F2N2O2. The molecule has 0 aliphatic carbocycles. The van der Waals surface area contributed by atoms with Crippen LogP contribution in [0.1, 0.15) is 11.1 Å². The maximum Gasteiger partial charge on any atom is 0.282 e. The summed E-state index contributed by atoms with van der Waals surface area (Å²) in [6.07, 6.45) is 0. The Morgan fingerprint density at radius 3 is 2.13 bits per heavy atom. The molecule has 3 aromatic carbocycles. The third-order valence-corrected chi connectivity index (χ3v) is 5.31. The van der Waals surface area contributed by atoms with E-state index >= 15 is 0 Å². The third kappa shape index (κ3) is 3.92. The van der Waals surface area contributed by atoms with Crippen LogP contribution in [0.2, 0.25) is 10.0 Å². The zero-order chi connectivity index (χ0) is 22.3. The summed E-state index contributed by atoms with van der Waals surface area (Å²) in [7, 11) is 0. The van der Waals surface area contributed by atoms with Gasteiger partial charge in [0.1, 0.15) is 5.70 Å². The second kappa shape index (κ2) is 8.13. The summed E-state index contributed by atoms with van der Waals surface area (Å²) in [5, 5.41) is 3.99. The largest absolute Gasteiger partial charge is 0.350 e. The fraction of sp³-hybridized carbons (Fsp3) is 0.0435. The highest BCUT2D eigenvalue weighted by molar-refractivity contribution is 6.46. The van der Waals surface area contributed by atoms with Gasteiger partial charge in [-0.15, -0.1) is 0 Å². The Labute approximate surface area is 186 Å². The molecule has 1 heterocycles. The van der Waals surface area contributed by atoms with E-state index in [-0.39, 0.29) is 17.0 Å². The predicted octanol–water partition coefficient (Wildman–Crippen LogP) is 5.98. The highest BCUT2D eigenvalue weighted by atomic mass is 35.5. The number of rotatable bonds is 4. The molecule has 0 saturated heterocycles. The van der Waals surface area contributed by atoms with Crippen LogP contribution < -0.4 is 10.2 Å². The number of hydrogen-bond donors (Lipinski definition) is 1. The number of nitrogens with one attached hydrogen (secondary N) is 1. The van der Waals surface area contributed by atoms with Crippen LogP contribution in [0.15, 0.2) is 66.4 Å². The van der Waals surface area contributed by atoms with Crippen molar-refractivity contribution in [2.45, 2.75) is 6.92 Å². The molecule has 31 heavy (non-hydrogen) atoms. The molecule has 4 rings (SSSR count). The van der Waals surface area contributed by atoms with Crippen LogP contribution in [-0.2, 0) is 9.59 Å². The van der Waals surface area contributed by atoms with Gasteiger partial charge in [-0.05, 0) is 60.5 Å². The zero-order valence-electron chi connectivity index (χ0n) is 16.0. The molecule has 0 bridgehead atoms. The van der Waals surface area contributed by atoms with Gasteiger partial charge >= 0.3 is 0 Å². The summed E-state index contributed by atoms with van der Waals surface area (Å²) in [5.41, 5.74) is 1.77. The highest BCUT2D eigenvalue weighted by Gasteiger charge is 2.40. The van der Waals surface area contributed by atoms with E-state index in [0.717, 1.165) is 22.6 Å². The van der Waals surface area contributed by atoms with Gasteiger partial charge in [0.2, 0.25) is 0 Å². The van der Waals surface area contributed by atoms with Crippen molar-refractivity contribution >= 4 is 52.0 Å². The number of aryl methyl sites for hydroxylation is 1. The first-order valence-electron chi connectivity index (χ1n) is 9.13. The Hall–Kier alpha value is -3.22. The predicted molar refractivity (Wildman–Crippen MR) is 117 cm³/mol. The molecule has 0 aromatic heterocycles. The standard InChI is InChI=1S/C23H14Cl2F2N2O2/c1-12-10-15(25)6-9-19(12)28-21-20(13-2-4-14(24)5-3-13)22(30)29(23(21)31)16-7-8-17(26)18(27)11-16/h2-11,28H,1H3. The van der Waals surface area contributed by atoms with E-state index in [4.69, 9.17) is 23.2 Å². The number of nitrogens with zero attached hydrogens (tertiary/aromatic N) is 1. The molecule has 0 radical (unpaired) electrons. The van der Waals surface area contributed by atoms with Crippen molar-refractivity contribution in [2.24, 2.45) is 0 Å². The summed E-state index contributed by atoms with van der Waals surface area (Å²) in [6.45, 7) is 1.80. The Kier molecular flexibility index (Phi) is 5.52.